The van der Waals surface area contributed by atoms with Gasteiger partial charge in [-0.15, -0.1) is 0 Å². The Morgan fingerprint density at radius 2 is 2.17 bits per heavy atom. The smallest absolute Gasteiger partial charge is 0.130 e. The third-order valence-corrected chi connectivity index (χ3v) is 3.33. The maximum absolute atomic E-state index is 5.20. The third-order valence-electron chi connectivity index (χ3n) is 2.63. The number of nitrogens with zero attached hydrogens (tertiary/aromatic N) is 1. The van der Waals surface area contributed by atoms with E-state index in [1.54, 1.807) is 0 Å². The first-order valence-electron chi connectivity index (χ1n) is 6.01. The summed E-state index contributed by atoms with van der Waals surface area (Å²) in [6.07, 6.45) is 2.89. The van der Waals surface area contributed by atoms with E-state index in [4.69, 9.17) is 12.2 Å². The Balaban J connectivity index is 2.26. The van der Waals surface area contributed by atoms with Crippen molar-refractivity contribution in [1.29, 1.82) is 0 Å². The van der Waals surface area contributed by atoms with Gasteiger partial charge in [0, 0.05) is 16.6 Å². The highest BCUT2D eigenvalue weighted by atomic mass is 79.9. The summed E-state index contributed by atoms with van der Waals surface area (Å²) in [5.74, 6) is 0.934. The number of aryl methyl sites for hydroxylation is 1. The number of nitrogens with one attached hydrogen (secondary N) is 1. The average Bonchev–Trinajstić information content (AvgIpc) is 2.28. The molecule has 0 saturated heterocycles. The Kier molecular flexibility index (Phi) is 4.66. The van der Waals surface area contributed by atoms with Crippen molar-refractivity contribution in [2.24, 2.45) is 0 Å². The van der Waals surface area contributed by atoms with Gasteiger partial charge in [0.2, 0.25) is 0 Å². The molecule has 1 heterocycles. The van der Waals surface area contributed by atoms with E-state index in [0.29, 0.717) is 4.64 Å². The van der Waals surface area contributed by atoms with E-state index in [1.807, 2.05) is 18.2 Å². The molecule has 18 heavy (non-hydrogen) atoms. The molecule has 94 valence electrons. The second kappa shape index (κ2) is 6.25. The molecular weight excluding hydrogens is 308 g/mol. The molecule has 1 N–H and O–H groups in total. The molecule has 0 atom stereocenters. The molecule has 0 spiro atoms. The van der Waals surface area contributed by atoms with Crippen molar-refractivity contribution in [1.82, 2.24) is 9.97 Å². The monoisotopic (exact) mass is 322 g/mol. The first-order chi connectivity index (χ1) is 8.67. The van der Waals surface area contributed by atoms with Gasteiger partial charge in [0.1, 0.15) is 10.5 Å². The van der Waals surface area contributed by atoms with Gasteiger partial charge in [-0.2, -0.15) is 0 Å². The predicted octanol–water partition coefficient (Wildman–Crippen LogP) is 4.44. The van der Waals surface area contributed by atoms with Crippen molar-refractivity contribution in [3.63, 3.8) is 0 Å². The van der Waals surface area contributed by atoms with Gasteiger partial charge >= 0.3 is 0 Å². The second-order valence-electron chi connectivity index (χ2n) is 4.25. The number of aromatic amines is 1. The van der Waals surface area contributed by atoms with Crippen LogP contribution < -0.4 is 0 Å². The highest BCUT2D eigenvalue weighted by molar-refractivity contribution is 9.10. The molecule has 0 amide bonds. The lowest BCUT2D eigenvalue weighted by atomic mass is 10.1. The molecule has 0 aliphatic rings. The minimum atomic E-state index is 0.669. The van der Waals surface area contributed by atoms with Crippen LogP contribution in [0.4, 0.5) is 0 Å². The van der Waals surface area contributed by atoms with Crippen LogP contribution in [0.2, 0.25) is 0 Å². The Morgan fingerprint density at radius 1 is 1.33 bits per heavy atom. The average molecular weight is 323 g/mol. The molecule has 0 aliphatic heterocycles. The van der Waals surface area contributed by atoms with Crippen LogP contribution >= 0.6 is 28.1 Å². The maximum atomic E-state index is 5.20. The van der Waals surface area contributed by atoms with E-state index in [0.717, 1.165) is 29.6 Å². The topological polar surface area (TPSA) is 28.7 Å². The van der Waals surface area contributed by atoms with Gasteiger partial charge in [-0.1, -0.05) is 53.6 Å². The number of H-pyrrole nitrogens is 1. The summed E-state index contributed by atoms with van der Waals surface area (Å²) in [7, 11) is 0. The fourth-order valence-electron chi connectivity index (χ4n) is 1.89. The molecular formula is C14H15BrN2S. The fraction of sp³-hybridized carbons (Fsp3) is 0.286. The van der Waals surface area contributed by atoms with E-state index in [9.17, 15) is 0 Å². The van der Waals surface area contributed by atoms with Crippen LogP contribution in [-0.4, -0.2) is 9.97 Å². The predicted molar refractivity (Wildman–Crippen MR) is 80.4 cm³/mol. The van der Waals surface area contributed by atoms with Gasteiger partial charge in [0.25, 0.3) is 0 Å². The van der Waals surface area contributed by atoms with Crippen molar-refractivity contribution in [3.05, 3.63) is 56.5 Å². The van der Waals surface area contributed by atoms with E-state index in [-0.39, 0.29) is 0 Å². The number of rotatable bonds is 4. The van der Waals surface area contributed by atoms with Crippen LogP contribution in [-0.2, 0) is 12.8 Å². The summed E-state index contributed by atoms with van der Waals surface area (Å²) in [4.78, 5) is 7.75. The van der Waals surface area contributed by atoms with E-state index >= 15 is 0 Å². The minimum Gasteiger partial charge on any atom is -0.347 e. The molecule has 0 fully saturated rings. The lowest BCUT2D eigenvalue weighted by molar-refractivity contribution is 0.838. The zero-order valence-corrected chi connectivity index (χ0v) is 12.6. The van der Waals surface area contributed by atoms with Gasteiger partial charge in [0.15, 0.2) is 0 Å². The summed E-state index contributed by atoms with van der Waals surface area (Å²) in [6, 6.07) is 10.2. The largest absolute Gasteiger partial charge is 0.347 e. The normalized spacial score (nSPS) is 10.6. The van der Waals surface area contributed by atoms with Crippen LogP contribution in [0.15, 0.2) is 34.8 Å². The summed E-state index contributed by atoms with van der Waals surface area (Å²) in [5.41, 5.74) is 2.39. The number of hydrogen-bond donors (Lipinski definition) is 1. The highest BCUT2D eigenvalue weighted by Crippen LogP contribution is 2.14. The first kappa shape index (κ1) is 13.4. The molecule has 0 saturated carbocycles. The van der Waals surface area contributed by atoms with E-state index in [2.05, 4.69) is 45.0 Å². The molecule has 4 heteroatoms. The molecule has 1 aromatic carbocycles. The maximum Gasteiger partial charge on any atom is 0.130 e. The lowest BCUT2D eigenvalue weighted by Gasteiger charge is -2.05. The van der Waals surface area contributed by atoms with Crippen LogP contribution in [0.5, 0.6) is 0 Å². The zero-order chi connectivity index (χ0) is 13.0. The van der Waals surface area contributed by atoms with Crippen LogP contribution in [0.1, 0.15) is 30.4 Å². The lowest BCUT2D eigenvalue weighted by Crippen LogP contribution is -2.01. The molecule has 2 rings (SSSR count). The van der Waals surface area contributed by atoms with E-state index < -0.39 is 0 Å². The molecule has 0 aliphatic carbocycles. The molecule has 0 unspecified atom stereocenters. The van der Waals surface area contributed by atoms with Gasteiger partial charge in [-0.3, -0.25) is 0 Å². The zero-order valence-electron chi connectivity index (χ0n) is 10.2. The quantitative estimate of drug-likeness (QED) is 0.843. The highest BCUT2D eigenvalue weighted by Gasteiger charge is 2.01. The summed E-state index contributed by atoms with van der Waals surface area (Å²) in [5, 5.41) is 0. The Bertz CT molecular complexity index is 592. The van der Waals surface area contributed by atoms with Gasteiger partial charge in [-0.25, -0.2) is 4.98 Å². The van der Waals surface area contributed by atoms with Crippen molar-refractivity contribution in [2.45, 2.75) is 26.2 Å². The number of benzene rings is 1. The van der Waals surface area contributed by atoms with Gasteiger partial charge in [0.05, 0.1) is 0 Å². The first-order valence-corrected chi connectivity index (χ1v) is 7.21. The molecule has 2 nitrogen and oxygen atoms in total. The van der Waals surface area contributed by atoms with E-state index in [1.165, 1.54) is 11.3 Å². The Morgan fingerprint density at radius 3 is 2.89 bits per heavy atom. The van der Waals surface area contributed by atoms with Gasteiger partial charge < -0.3 is 4.98 Å². The summed E-state index contributed by atoms with van der Waals surface area (Å²) < 4.78 is 1.76. The summed E-state index contributed by atoms with van der Waals surface area (Å²) >= 11 is 8.68. The molecule has 0 bridgehead atoms. The summed E-state index contributed by atoms with van der Waals surface area (Å²) in [6.45, 7) is 2.16. The fourth-order valence-corrected chi connectivity index (χ4v) is 2.59. The van der Waals surface area contributed by atoms with Crippen LogP contribution in [0.3, 0.4) is 0 Å². The Labute approximate surface area is 121 Å². The SMILES string of the molecule is CCCc1cc(=S)nc(Cc2cccc(Br)c2)[nH]1. The van der Waals surface area contributed by atoms with Crippen molar-refractivity contribution in [3.8, 4) is 0 Å². The van der Waals surface area contributed by atoms with Crippen molar-refractivity contribution in [2.75, 3.05) is 0 Å². The second-order valence-corrected chi connectivity index (χ2v) is 5.58. The number of aromatic nitrogens is 2. The Hall–Kier alpha value is -1.00. The van der Waals surface area contributed by atoms with Crippen molar-refractivity contribution < 1.29 is 0 Å². The molecule has 2 aromatic rings. The molecule has 0 radical (unpaired) electrons. The van der Waals surface area contributed by atoms with Gasteiger partial charge in [-0.05, 0) is 30.2 Å². The van der Waals surface area contributed by atoms with Crippen molar-refractivity contribution >= 4 is 28.1 Å². The standard InChI is InChI=1S/C14H15BrN2S/c1-2-4-12-9-14(18)17-13(16-12)8-10-5-3-6-11(15)7-10/h3,5-7,9H,2,4,8H2,1H3,(H,16,17,18). The minimum absolute atomic E-state index is 0.669. The number of hydrogen-bond acceptors (Lipinski definition) is 2. The van der Waals surface area contributed by atoms with Crippen LogP contribution in [0, 0.1) is 4.64 Å². The van der Waals surface area contributed by atoms with Crippen LogP contribution in [0.25, 0.3) is 0 Å². The third kappa shape index (κ3) is 3.75. The number of halogens is 1. The molecule has 1 aromatic heterocycles.